The fourth-order valence-corrected chi connectivity index (χ4v) is 2.10. The number of nitrogens with two attached hydrogens (primary N) is 1. The Morgan fingerprint density at radius 3 is 2.50 bits per heavy atom. The van der Waals surface area contributed by atoms with Crippen LogP contribution in [0.5, 0.6) is 0 Å². The van der Waals surface area contributed by atoms with E-state index in [1.54, 1.807) is 12.1 Å². The van der Waals surface area contributed by atoms with E-state index < -0.39 is 11.6 Å². The summed E-state index contributed by atoms with van der Waals surface area (Å²) in [4.78, 5) is 11.8. The van der Waals surface area contributed by atoms with E-state index in [0.717, 1.165) is 17.7 Å². The predicted molar refractivity (Wildman–Crippen MR) is 81.6 cm³/mol. The van der Waals surface area contributed by atoms with E-state index in [1.165, 1.54) is 6.07 Å². The van der Waals surface area contributed by atoms with Crippen molar-refractivity contribution in [3.63, 3.8) is 0 Å². The van der Waals surface area contributed by atoms with Crippen molar-refractivity contribution in [2.45, 2.75) is 13.0 Å². The van der Waals surface area contributed by atoms with Crippen molar-refractivity contribution in [1.82, 2.24) is 0 Å². The van der Waals surface area contributed by atoms with Gasteiger partial charge in [0.25, 0.3) is 5.91 Å². The molecule has 116 valence electrons. The molecule has 22 heavy (non-hydrogen) atoms. The van der Waals surface area contributed by atoms with Crippen LogP contribution in [0.3, 0.4) is 0 Å². The summed E-state index contributed by atoms with van der Waals surface area (Å²) >= 11 is 5.83. The first-order valence-corrected chi connectivity index (χ1v) is 7.17. The Kier molecular flexibility index (Phi) is 5.46. The predicted octanol–water partition coefficient (Wildman–Crippen LogP) is 2.88. The van der Waals surface area contributed by atoms with Gasteiger partial charge in [0, 0.05) is 22.3 Å². The fourth-order valence-electron chi connectivity index (χ4n) is 1.97. The van der Waals surface area contributed by atoms with Crippen molar-refractivity contribution >= 4 is 23.2 Å². The van der Waals surface area contributed by atoms with Crippen LogP contribution in [-0.4, -0.2) is 12.5 Å². The minimum Gasteiger partial charge on any atom is -0.333 e. The van der Waals surface area contributed by atoms with Gasteiger partial charge in [0.15, 0.2) is 18.2 Å². The first-order chi connectivity index (χ1) is 10.5. The van der Waals surface area contributed by atoms with Crippen molar-refractivity contribution in [1.29, 1.82) is 0 Å². The number of amides is 1. The molecule has 2 aromatic rings. The molecule has 0 fully saturated rings. The van der Waals surface area contributed by atoms with Gasteiger partial charge in [-0.2, -0.15) is 0 Å². The van der Waals surface area contributed by atoms with Crippen LogP contribution in [0, 0.1) is 11.6 Å². The Morgan fingerprint density at radius 1 is 1.18 bits per heavy atom. The van der Waals surface area contributed by atoms with Crippen LogP contribution < -0.4 is 10.6 Å². The number of nitrogens with one attached hydrogen (secondary N) is 1. The molecule has 0 aliphatic carbocycles. The molecule has 0 aliphatic rings. The Bertz CT molecular complexity index is 662. The van der Waals surface area contributed by atoms with E-state index in [1.807, 2.05) is 24.4 Å². The van der Waals surface area contributed by atoms with Gasteiger partial charge in [-0.25, -0.2) is 8.78 Å². The smallest absolute Gasteiger partial charge is 0.279 e. The maximum Gasteiger partial charge on any atom is 0.279 e. The number of hydrogen-bond donors (Lipinski definition) is 2. The molecule has 0 bridgehead atoms. The second kappa shape index (κ2) is 7.33. The summed E-state index contributed by atoms with van der Waals surface area (Å²) in [6.07, 6.45) is 0. The highest BCUT2D eigenvalue weighted by Crippen LogP contribution is 2.14. The first kappa shape index (κ1) is 16.4. The molecule has 0 heterocycles. The van der Waals surface area contributed by atoms with Gasteiger partial charge >= 0.3 is 0 Å². The molecule has 1 atom stereocenters. The van der Waals surface area contributed by atoms with Crippen molar-refractivity contribution < 1.29 is 18.9 Å². The lowest BCUT2D eigenvalue weighted by molar-refractivity contribution is -0.682. The van der Waals surface area contributed by atoms with Gasteiger partial charge in [0.05, 0.1) is 0 Å². The van der Waals surface area contributed by atoms with E-state index >= 15 is 0 Å². The largest absolute Gasteiger partial charge is 0.333 e. The molecule has 0 saturated carbocycles. The van der Waals surface area contributed by atoms with E-state index in [4.69, 9.17) is 11.6 Å². The summed E-state index contributed by atoms with van der Waals surface area (Å²) in [5.74, 6) is -2.22. The normalized spacial score (nSPS) is 12.0. The molecule has 0 spiro atoms. The number of carbonyl (C=O) groups is 1. The highest BCUT2D eigenvalue weighted by atomic mass is 35.5. The summed E-state index contributed by atoms with van der Waals surface area (Å²) in [6, 6.07) is 10.7. The van der Waals surface area contributed by atoms with Gasteiger partial charge in [-0.1, -0.05) is 23.7 Å². The Labute approximate surface area is 132 Å². The molecule has 0 unspecified atom stereocenters. The summed E-state index contributed by atoms with van der Waals surface area (Å²) in [5, 5.41) is 5.03. The minimum absolute atomic E-state index is 0.0768. The zero-order valence-corrected chi connectivity index (χ0v) is 12.7. The molecule has 0 aliphatic heterocycles. The van der Waals surface area contributed by atoms with Gasteiger partial charge in [0.1, 0.15) is 6.04 Å². The van der Waals surface area contributed by atoms with Crippen molar-refractivity contribution in [3.05, 3.63) is 64.7 Å². The molecule has 3 N–H and O–H groups in total. The minimum atomic E-state index is -0.990. The Morgan fingerprint density at radius 2 is 1.86 bits per heavy atom. The molecular formula is C16H16ClF2N2O+. The molecule has 2 aromatic carbocycles. The monoisotopic (exact) mass is 325 g/mol. The molecule has 1 amide bonds. The molecule has 0 saturated heterocycles. The summed E-state index contributed by atoms with van der Waals surface area (Å²) in [5.41, 5.74) is 1.28. The number of halogens is 3. The molecule has 2 rings (SSSR count). The quantitative estimate of drug-likeness (QED) is 0.872. The van der Waals surface area contributed by atoms with Crippen LogP contribution in [0.25, 0.3) is 0 Å². The molecular weight excluding hydrogens is 310 g/mol. The summed E-state index contributed by atoms with van der Waals surface area (Å²) in [6.45, 7) is 2.14. The lowest BCUT2D eigenvalue weighted by Crippen LogP contribution is -2.86. The number of quaternary nitrogens is 1. The van der Waals surface area contributed by atoms with Crippen LogP contribution in [0.15, 0.2) is 42.5 Å². The first-order valence-electron chi connectivity index (χ1n) is 6.79. The van der Waals surface area contributed by atoms with Crippen molar-refractivity contribution in [2.75, 3.05) is 11.9 Å². The third kappa shape index (κ3) is 4.51. The second-order valence-corrected chi connectivity index (χ2v) is 5.39. The maximum absolute atomic E-state index is 13.1. The number of carbonyl (C=O) groups excluding carboxylic acids is 1. The Hall–Kier alpha value is -1.98. The third-order valence-electron chi connectivity index (χ3n) is 3.26. The molecule has 0 aromatic heterocycles. The average Bonchev–Trinajstić information content (AvgIpc) is 2.49. The fraction of sp³-hybridized carbons (Fsp3) is 0.188. The van der Waals surface area contributed by atoms with Crippen LogP contribution in [0.4, 0.5) is 14.5 Å². The van der Waals surface area contributed by atoms with Crippen molar-refractivity contribution in [2.24, 2.45) is 0 Å². The van der Waals surface area contributed by atoms with E-state index in [-0.39, 0.29) is 24.2 Å². The number of anilines is 1. The van der Waals surface area contributed by atoms with Gasteiger partial charge in [-0.05, 0) is 31.2 Å². The molecule has 0 radical (unpaired) electrons. The molecule has 3 nitrogen and oxygen atoms in total. The number of rotatable bonds is 5. The topological polar surface area (TPSA) is 45.7 Å². The highest BCUT2D eigenvalue weighted by Gasteiger charge is 2.12. The standard InChI is InChI=1S/C16H15ClF2N2O/c1-10(11-2-4-12(17)5-3-11)20-9-16(22)21-13-6-7-14(18)15(19)8-13/h2-8,10,20H,9H2,1H3,(H,21,22)/p+1/t10-/m1/s1. The summed E-state index contributed by atoms with van der Waals surface area (Å²) < 4.78 is 25.9. The number of benzene rings is 2. The van der Waals surface area contributed by atoms with Gasteiger partial charge in [0.2, 0.25) is 0 Å². The van der Waals surface area contributed by atoms with Crippen molar-refractivity contribution in [3.8, 4) is 0 Å². The lowest BCUT2D eigenvalue weighted by atomic mass is 10.1. The van der Waals surface area contributed by atoms with E-state index in [0.29, 0.717) is 5.02 Å². The van der Waals surface area contributed by atoms with Gasteiger partial charge in [-0.15, -0.1) is 0 Å². The zero-order chi connectivity index (χ0) is 16.1. The maximum atomic E-state index is 13.1. The summed E-state index contributed by atoms with van der Waals surface area (Å²) in [7, 11) is 0. The van der Waals surface area contributed by atoms with E-state index in [2.05, 4.69) is 5.32 Å². The lowest BCUT2D eigenvalue weighted by Gasteiger charge is -2.11. The second-order valence-electron chi connectivity index (χ2n) is 4.96. The number of hydrogen-bond acceptors (Lipinski definition) is 1. The van der Waals surface area contributed by atoms with E-state index in [9.17, 15) is 13.6 Å². The average molecular weight is 326 g/mol. The van der Waals surface area contributed by atoms with Crippen LogP contribution in [-0.2, 0) is 4.79 Å². The Balaban J connectivity index is 1.86. The SMILES string of the molecule is C[C@@H]([NH2+]CC(=O)Nc1ccc(F)c(F)c1)c1ccc(Cl)cc1. The zero-order valence-electron chi connectivity index (χ0n) is 11.9. The van der Waals surface area contributed by atoms with Crippen LogP contribution in [0.1, 0.15) is 18.5 Å². The van der Waals surface area contributed by atoms with Crippen LogP contribution >= 0.6 is 11.6 Å². The third-order valence-corrected chi connectivity index (χ3v) is 3.51. The molecule has 6 heteroatoms. The van der Waals surface area contributed by atoms with Crippen LogP contribution in [0.2, 0.25) is 5.02 Å². The van der Waals surface area contributed by atoms with Gasteiger partial charge < -0.3 is 10.6 Å². The highest BCUT2D eigenvalue weighted by molar-refractivity contribution is 6.30. The van der Waals surface area contributed by atoms with Gasteiger partial charge in [-0.3, -0.25) is 4.79 Å².